The summed E-state index contributed by atoms with van der Waals surface area (Å²) >= 11 is 3.16. The number of thioether (sulfide) groups is 1. The standard InChI is InChI=1S/C16H20FN3OS2/c1-2-3-10-18-15-19-20-16(23-15)22-11-4-5-14(21)12-6-8-13(17)9-7-12/h6-9H,2-5,10-11H2,1H3,(H,18,19). The molecule has 0 radical (unpaired) electrons. The lowest BCUT2D eigenvalue weighted by atomic mass is 10.1. The average molecular weight is 353 g/mol. The minimum Gasteiger partial charge on any atom is -0.360 e. The van der Waals surface area contributed by atoms with Gasteiger partial charge >= 0.3 is 0 Å². The van der Waals surface area contributed by atoms with Gasteiger partial charge in [-0.2, -0.15) is 0 Å². The number of nitrogens with zero attached hydrogens (tertiary/aromatic N) is 2. The second-order valence-electron chi connectivity index (χ2n) is 5.04. The Kier molecular flexibility index (Phi) is 7.48. The fraction of sp³-hybridized carbons (Fsp3) is 0.438. The number of rotatable bonds is 10. The molecular weight excluding hydrogens is 333 g/mol. The van der Waals surface area contributed by atoms with Crippen LogP contribution in [-0.2, 0) is 0 Å². The van der Waals surface area contributed by atoms with Crippen molar-refractivity contribution in [1.82, 2.24) is 10.2 Å². The number of aromatic nitrogens is 2. The molecule has 2 aromatic rings. The third kappa shape index (κ3) is 6.27. The Morgan fingerprint density at radius 2 is 2.04 bits per heavy atom. The summed E-state index contributed by atoms with van der Waals surface area (Å²) < 4.78 is 13.7. The first-order chi connectivity index (χ1) is 11.2. The Morgan fingerprint density at radius 3 is 2.78 bits per heavy atom. The molecule has 124 valence electrons. The maximum atomic E-state index is 12.8. The van der Waals surface area contributed by atoms with Crippen molar-refractivity contribution in [3.8, 4) is 0 Å². The molecule has 0 unspecified atom stereocenters. The van der Waals surface area contributed by atoms with E-state index < -0.39 is 0 Å². The number of anilines is 1. The van der Waals surface area contributed by atoms with Gasteiger partial charge in [0.15, 0.2) is 10.1 Å². The van der Waals surface area contributed by atoms with Crippen LogP contribution in [0.3, 0.4) is 0 Å². The van der Waals surface area contributed by atoms with Crippen LogP contribution < -0.4 is 5.32 Å². The fourth-order valence-electron chi connectivity index (χ4n) is 1.88. The van der Waals surface area contributed by atoms with Crippen molar-refractivity contribution in [2.24, 2.45) is 0 Å². The van der Waals surface area contributed by atoms with Crippen LogP contribution in [0.5, 0.6) is 0 Å². The minimum atomic E-state index is -0.322. The van der Waals surface area contributed by atoms with E-state index in [1.165, 1.54) is 24.3 Å². The highest BCUT2D eigenvalue weighted by atomic mass is 32.2. The zero-order valence-electron chi connectivity index (χ0n) is 13.0. The summed E-state index contributed by atoms with van der Waals surface area (Å²) in [4.78, 5) is 12.0. The Hall–Kier alpha value is -1.47. The molecular formula is C16H20FN3OS2. The van der Waals surface area contributed by atoms with Crippen molar-refractivity contribution in [2.75, 3.05) is 17.6 Å². The molecule has 4 nitrogen and oxygen atoms in total. The molecule has 1 N–H and O–H groups in total. The SMILES string of the molecule is CCCCNc1nnc(SCCCC(=O)c2ccc(F)cc2)s1. The van der Waals surface area contributed by atoms with Gasteiger partial charge in [-0.15, -0.1) is 10.2 Å². The first kappa shape index (κ1) is 17.9. The number of halogens is 1. The van der Waals surface area contributed by atoms with Crippen LogP contribution in [0.15, 0.2) is 28.6 Å². The topological polar surface area (TPSA) is 54.9 Å². The van der Waals surface area contributed by atoms with E-state index in [0.717, 1.165) is 41.0 Å². The summed E-state index contributed by atoms with van der Waals surface area (Å²) in [6.45, 7) is 3.07. The van der Waals surface area contributed by atoms with Crippen molar-refractivity contribution < 1.29 is 9.18 Å². The van der Waals surface area contributed by atoms with Gasteiger partial charge in [-0.05, 0) is 37.1 Å². The van der Waals surface area contributed by atoms with Gasteiger partial charge in [-0.25, -0.2) is 4.39 Å². The number of Topliss-reactive ketones (excluding diaryl/α,β-unsaturated/α-hetero) is 1. The third-order valence-electron chi connectivity index (χ3n) is 3.15. The van der Waals surface area contributed by atoms with Crippen molar-refractivity contribution in [2.45, 2.75) is 36.9 Å². The molecule has 0 aliphatic heterocycles. The van der Waals surface area contributed by atoms with Crippen LogP contribution in [0.4, 0.5) is 9.52 Å². The van der Waals surface area contributed by atoms with Gasteiger partial charge < -0.3 is 5.32 Å². The Morgan fingerprint density at radius 1 is 1.26 bits per heavy atom. The van der Waals surface area contributed by atoms with Gasteiger partial charge in [0.25, 0.3) is 0 Å². The summed E-state index contributed by atoms with van der Waals surface area (Å²) in [6, 6.07) is 5.69. The highest BCUT2D eigenvalue weighted by molar-refractivity contribution is 8.01. The van der Waals surface area contributed by atoms with Crippen LogP contribution in [0, 0.1) is 5.82 Å². The van der Waals surface area contributed by atoms with Gasteiger partial charge in [0, 0.05) is 24.3 Å². The maximum Gasteiger partial charge on any atom is 0.206 e. The molecule has 1 aromatic carbocycles. The molecule has 0 saturated heterocycles. The van der Waals surface area contributed by atoms with E-state index in [0.29, 0.717) is 12.0 Å². The first-order valence-electron chi connectivity index (χ1n) is 7.68. The van der Waals surface area contributed by atoms with Gasteiger partial charge in [0.2, 0.25) is 5.13 Å². The molecule has 0 aliphatic rings. The maximum absolute atomic E-state index is 12.8. The number of hydrogen-bond donors (Lipinski definition) is 1. The number of ketones is 1. The van der Waals surface area contributed by atoms with Crippen molar-refractivity contribution in [1.29, 1.82) is 0 Å². The minimum absolute atomic E-state index is 0.0461. The number of carbonyl (C=O) groups is 1. The summed E-state index contributed by atoms with van der Waals surface area (Å²) in [5.41, 5.74) is 0.565. The van der Waals surface area contributed by atoms with E-state index in [9.17, 15) is 9.18 Å². The van der Waals surface area contributed by atoms with Gasteiger partial charge in [0.1, 0.15) is 5.82 Å². The van der Waals surface area contributed by atoms with E-state index >= 15 is 0 Å². The number of carbonyl (C=O) groups excluding carboxylic acids is 1. The molecule has 0 saturated carbocycles. The lowest BCUT2D eigenvalue weighted by Crippen LogP contribution is -1.99. The Bertz CT molecular complexity index is 616. The van der Waals surface area contributed by atoms with Crippen molar-refractivity contribution in [3.63, 3.8) is 0 Å². The Labute approximate surface area is 143 Å². The van der Waals surface area contributed by atoms with Crippen molar-refractivity contribution >= 4 is 34.0 Å². The van der Waals surface area contributed by atoms with E-state index in [2.05, 4.69) is 22.4 Å². The first-order valence-corrected chi connectivity index (χ1v) is 9.48. The number of unbranched alkanes of at least 4 members (excludes halogenated alkanes) is 1. The normalized spacial score (nSPS) is 10.7. The molecule has 23 heavy (non-hydrogen) atoms. The molecule has 0 spiro atoms. The zero-order chi connectivity index (χ0) is 16.5. The van der Waals surface area contributed by atoms with Gasteiger partial charge in [-0.1, -0.05) is 36.4 Å². The van der Waals surface area contributed by atoms with Crippen LogP contribution >= 0.6 is 23.1 Å². The predicted octanol–water partition coefficient (Wildman–Crippen LogP) is 4.64. The van der Waals surface area contributed by atoms with E-state index in [1.807, 2.05) is 0 Å². The summed E-state index contributed by atoms with van der Waals surface area (Å²) in [6.07, 6.45) is 3.49. The summed E-state index contributed by atoms with van der Waals surface area (Å²) in [5, 5.41) is 12.3. The van der Waals surface area contributed by atoms with Crippen LogP contribution in [-0.4, -0.2) is 28.3 Å². The molecule has 1 aromatic heterocycles. The zero-order valence-corrected chi connectivity index (χ0v) is 14.7. The lowest BCUT2D eigenvalue weighted by Gasteiger charge is -2.00. The van der Waals surface area contributed by atoms with Crippen LogP contribution in [0.1, 0.15) is 43.0 Å². The number of nitrogens with one attached hydrogen (secondary N) is 1. The van der Waals surface area contributed by atoms with E-state index in [-0.39, 0.29) is 11.6 Å². The molecule has 0 amide bonds. The lowest BCUT2D eigenvalue weighted by molar-refractivity contribution is 0.0982. The summed E-state index contributed by atoms with van der Waals surface area (Å²) in [7, 11) is 0. The quantitative estimate of drug-likeness (QED) is 0.383. The average Bonchev–Trinajstić information content (AvgIpc) is 3.00. The molecule has 0 atom stereocenters. The molecule has 0 fully saturated rings. The molecule has 0 aliphatic carbocycles. The second-order valence-corrected chi connectivity index (χ2v) is 7.36. The van der Waals surface area contributed by atoms with E-state index in [4.69, 9.17) is 0 Å². The molecule has 7 heteroatoms. The van der Waals surface area contributed by atoms with Crippen molar-refractivity contribution in [3.05, 3.63) is 35.6 Å². The number of hydrogen-bond acceptors (Lipinski definition) is 6. The smallest absolute Gasteiger partial charge is 0.206 e. The highest BCUT2D eigenvalue weighted by Gasteiger charge is 2.07. The number of benzene rings is 1. The largest absolute Gasteiger partial charge is 0.360 e. The van der Waals surface area contributed by atoms with E-state index in [1.54, 1.807) is 23.1 Å². The molecule has 2 rings (SSSR count). The predicted molar refractivity (Wildman–Crippen MR) is 94.0 cm³/mol. The van der Waals surface area contributed by atoms with Crippen LogP contribution in [0.25, 0.3) is 0 Å². The highest BCUT2D eigenvalue weighted by Crippen LogP contribution is 2.26. The fourth-order valence-corrected chi connectivity index (χ4v) is 3.67. The third-order valence-corrected chi connectivity index (χ3v) is 5.25. The molecule has 0 bridgehead atoms. The van der Waals surface area contributed by atoms with Gasteiger partial charge in [0.05, 0.1) is 0 Å². The second kappa shape index (κ2) is 9.62. The Balaban J connectivity index is 1.67. The van der Waals surface area contributed by atoms with Gasteiger partial charge in [-0.3, -0.25) is 4.79 Å². The van der Waals surface area contributed by atoms with Crippen LogP contribution in [0.2, 0.25) is 0 Å². The monoisotopic (exact) mass is 353 g/mol. The summed E-state index contributed by atoms with van der Waals surface area (Å²) in [5.74, 6) is 0.540. The molecule has 1 heterocycles.